The molecule has 1 aliphatic heterocycles. The maximum atomic E-state index is 12.0. The monoisotopic (exact) mass is 310 g/mol. The van der Waals surface area contributed by atoms with Crippen LogP contribution in [0.2, 0.25) is 0 Å². The van der Waals surface area contributed by atoms with Crippen molar-refractivity contribution in [3.05, 3.63) is 35.9 Å². The molecule has 1 aromatic rings. The van der Waals surface area contributed by atoms with Gasteiger partial charge >= 0.3 is 5.97 Å². The Bertz CT molecular complexity index is 499. The van der Waals surface area contributed by atoms with E-state index in [-0.39, 0.29) is 0 Å². The number of carbonyl (C=O) groups is 1. The fraction of sp³-hybridized carbons (Fsp3) is 0.533. The summed E-state index contributed by atoms with van der Waals surface area (Å²) in [6.45, 7) is 4.23. The number of nitrogens with zero attached hydrogens (tertiary/aromatic N) is 1. The van der Waals surface area contributed by atoms with E-state index in [1.54, 1.807) is 0 Å². The Kier molecular flexibility index (Phi) is 5.50. The van der Waals surface area contributed by atoms with Crippen LogP contribution in [-0.2, 0) is 21.1 Å². The average Bonchev–Trinajstić information content (AvgIpc) is 2.49. The van der Waals surface area contributed by atoms with Gasteiger partial charge in [0.1, 0.15) is 0 Å². The van der Waals surface area contributed by atoms with E-state index in [2.05, 4.69) is 10.2 Å². The van der Waals surface area contributed by atoms with Gasteiger partial charge in [-0.25, -0.2) is 4.79 Å². The number of aliphatic carboxylic acids is 1. The van der Waals surface area contributed by atoms with Crippen molar-refractivity contribution in [2.24, 2.45) is 0 Å². The van der Waals surface area contributed by atoms with E-state index in [0.29, 0.717) is 37.7 Å². The molecule has 0 saturated carbocycles. The number of hydrogen-bond donors (Lipinski definition) is 2. The standard InChI is InChI=1S/C15H22N2O3S/c1-2-16-15(14(18)19,13-6-4-3-5-7-13)12-17-8-10-21(20)11-9-17/h3-7,16H,2,8-12H2,1H3,(H,18,19). The second-order valence-electron chi connectivity index (χ2n) is 5.23. The van der Waals surface area contributed by atoms with E-state index in [1.807, 2.05) is 37.3 Å². The number of nitrogens with one attached hydrogen (secondary N) is 1. The van der Waals surface area contributed by atoms with Crippen molar-refractivity contribution in [3.8, 4) is 0 Å². The topological polar surface area (TPSA) is 69.6 Å². The van der Waals surface area contributed by atoms with Gasteiger partial charge in [-0.05, 0) is 12.1 Å². The van der Waals surface area contributed by atoms with Crippen molar-refractivity contribution < 1.29 is 14.1 Å². The Hall–Kier alpha value is -1.24. The Labute approximate surface area is 127 Å². The normalized spacial score (nSPS) is 20.0. The molecule has 1 saturated heterocycles. The zero-order valence-electron chi connectivity index (χ0n) is 12.2. The lowest BCUT2D eigenvalue weighted by Crippen LogP contribution is -2.58. The average molecular weight is 310 g/mol. The van der Waals surface area contributed by atoms with Gasteiger partial charge in [0.2, 0.25) is 0 Å². The van der Waals surface area contributed by atoms with Crippen LogP contribution >= 0.6 is 0 Å². The van der Waals surface area contributed by atoms with Crippen LogP contribution in [0.15, 0.2) is 30.3 Å². The van der Waals surface area contributed by atoms with Crippen molar-refractivity contribution in [2.45, 2.75) is 12.5 Å². The fourth-order valence-electron chi connectivity index (χ4n) is 2.71. The summed E-state index contributed by atoms with van der Waals surface area (Å²) in [4.78, 5) is 14.1. The van der Waals surface area contributed by atoms with Gasteiger partial charge in [0, 0.05) is 41.9 Å². The molecule has 6 heteroatoms. The predicted molar refractivity (Wildman–Crippen MR) is 83.7 cm³/mol. The number of rotatable bonds is 6. The van der Waals surface area contributed by atoms with E-state index < -0.39 is 22.3 Å². The number of carboxylic acids is 1. The van der Waals surface area contributed by atoms with Gasteiger partial charge in [0.25, 0.3) is 0 Å². The second kappa shape index (κ2) is 7.15. The summed E-state index contributed by atoms with van der Waals surface area (Å²) in [5.41, 5.74) is -0.361. The van der Waals surface area contributed by atoms with Crippen molar-refractivity contribution >= 4 is 16.8 Å². The smallest absolute Gasteiger partial charge is 0.329 e. The zero-order chi connectivity index (χ0) is 15.3. The first-order chi connectivity index (χ1) is 10.1. The molecule has 0 radical (unpaired) electrons. The third kappa shape index (κ3) is 3.70. The molecule has 0 spiro atoms. The Balaban J connectivity index is 2.27. The van der Waals surface area contributed by atoms with Crippen LogP contribution < -0.4 is 5.32 Å². The molecule has 1 atom stereocenters. The molecule has 1 aromatic carbocycles. The predicted octanol–water partition coefficient (Wildman–Crippen LogP) is 0.640. The van der Waals surface area contributed by atoms with Crippen molar-refractivity contribution in [1.29, 1.82) is 0 Å². The lowest BCUT2D eigenvalue weighted by Gasteiger charge is -2.37. The Morgan fingerprint density at radius 1 is 1.33 bits per heavy atom. The van der Waals surface area contributed by atoms with Gasteiger partial charge in [-0.1, -0.05) is 37.3 Å². The fourth-order valence-corrected chi connectivity index (χ4v) is 3.84. The second-order valence-corrected chi connectivity index (χ2v) is 6.93. The third-order valence-corrected chi connectivity index (χ3v) is 5.12. The van der Waals surface area contributed by atoms with E-state index in [4.69, 9.17) is 0 Å². The molecule has 5 nitrogen and oxygen atoms in total. The summed E-state index contributed by atoms with van der Waals surface area (Å²) in [7, 11) is -0.758. The van der Waals surface area contributed by atoms with Crippen LogP contribution in [0.1, 0.15) is 12.5 Å². The highest BCUT2D eigenvalue weighted by Gasteiger charge is 2.41. The third-order valence-electron chi connectivity index (χ3n) is 3.84. The molecule has 116 valence electrons. The SMILES string of the molecule is CCNC(CN1CCS(=O)CC1)(C(=O)O)c1ccccc1. The molecule has 0 amide bonds. The molecular weight excluding hydrogens is 288 g/mol. The summed E-state index contributed by atoms with van der Waals surface area (Å²) in [6, 6.07) is 9.29. The quantitative estimate of drug-likeness (QED) is 0.807. The lowest BCUT2D eigenvalue weighted by molar-refractivity contribution is -0.146. The molecule has 0 bridgehead atoms. The molecular formula is C15H22N2O3S. The van der Waals surface area contributed by atoms with E-state index in [1.165, 1.54) is 0 Å². The van der Waals surface area contributed by atoms with Gasteiger partial charge in [-0.3, -0.25) is 14.4 Å². The van der Waals surface area contributed by atoms with Crippen LogP contribution in [0, 0.1) is 0 Å². The highest BCUT2D eigenvalue weighted by Crippen LogP contribution is 2.24. The van der Waals surface area contributed by atoms with Crippen LogP contribution in [0.4, 0.5) is 0 Å². The maximum absolute atomic E-state index is 12.0. The summed E-state index contributed by atoms with van der Waals surface area (Å²) in [5, 5.41) is 13.0. The van der Waals surface area contributed by atoms with E-state index >= 15 is 0 Å². The highest BCUT2D eigenvalue weighted by atomic mass is 32.2. The molecule has 1 unspecified atom stereocenters. The maximum Gasteiger partial charge on any atom is 0.329 e. The summed E-state index contributed by atoms with van der Waals surface area (Å²) in [6.07, 6.45) is 0. The summed E-state index contributed by atoms with van der Waals surface area (Å²) >= 11 is 0. The summed E-state index contributed by atoms with van der Waals surface area (Å²) in [5.74, 6) is 0.370. The van der Waals surface area contributed by atoms with Crippen molar-refractivity contribution in [3.63, 3.8) is 0 Å². The molecule has 0 aromatic heterocycles. The first kappa shape index (κ1) is 16.1. The van der Waals surface area contributed by atoms with Gasteiger partial charge in [0.05, 0.1) is 0 Å². The van der Waals surface area contributed by atoms with E-state index in [0.717, 1.165) is 5.56 Å². The Morgan fingerprint density at radius 3 is 2.48 bits per heavy atom. The van der Waals surface area contributed by atoms with Gasteiger partial charge in [0.15, 0.2) is 5.54 Å². The minimum atomic E-state index is -1.12. The zero-order valence-corrected chi connectivity index (χ0v) is 13.1. The number of benzene rings is 1. The van der Waals surface area contributed by atoms with Gasteiger partial charge in [-0.15, -0.1) is 0 Å². The molecule has 21 heavy (non-hydrogen) atoms. The number of hydrogen-bond acceptors (Lipinski definition) is 4. The Morgan fingerprint density at radius 2 is 1.95 bits per heavy atom. The molecule has 1 aliphatic rings. The van der Waals surface area contributed by atoms with Crippen LogP contribution in [0.3, 0.4) is 0 Å². The highest BCUT2D eigenvalue weighted by molar-refractivity contribution is 7.85. The van der Waals surface area contributed by atoms with Crippen molar-refractivity contribution in [1.82, 2.24) is 10.2 Å². The largest absolute Gasteiger partial charge is 0.480 e. The number of likely N-dealkylation sites (N-methyl/N-ethyl adjacent to an activating group) is 1. The minimum absolute atomic E-state index is 0.386. The molecule has 2 N–H and O–H groups in total. The minimum Gasteiger partial charge on any atom is -0.480 e. The lowest BCUT2D eigenvalue weighted by atomic mass is 9.89. The van der Waals surface area contributed by atoms with E-state index in [9.17, 15) is 14.1 Å². The molecule has 2 rings (SSSR count). The van der Waals surface area contributed by atoms with Crippen LogP contribution in [0.25, 0.3) is 0 Å². The summed E-state index contributed by atoms with van der Waals surface area (Å²) < 4.78 is 11.5. The number of carboxylic acid groups (broad SMARTS) is 1. The van der Waals surface area contributed by atoms with Crippen molar-refractivity contribution in [2.75, 3.05) is 37.7 Å². The molecule has 0 aliphatic carbocycles. The van der Waals surface area contributed by atoms with Crippen LogP contribution in [-0.4, -0.2) is 57.9 Å². The molecule has 1 fully saturated rings. The van der Waals surface area contributed by atoms with Crippen LogP contribution in [0.5, 0.6) is 0 Å². The molecule has 1 heterocycles. The van der Waals surface area contributed by atoms with Gasteiger partial charge < -0.3 is 5.11 Å². The first-order valence-corrected chi connectivity index (χ1v) is 8.68. The first-order valence-electron chi connectivity index (χ1n) is 7.20. The van der Waals surface area contributed by atoms with Gasteiger partial charge in [-0.2, -0.15) is 0 Å².